The summed E-state index contributed by atoms with van der Waals surface area (Å²) in [6.07, 6.45) is 2.26. The lowest BCUT2D eigenvalue weighted by Gasteiger charge is -2.24. The molecule has 1 aromatic carbocycles. The third-order valence-electron chi connectivity index (χ3n) is 4.09. The molecule has 1 aliphatic carbocycles. The summed E-state index contributed by atoms with van der Waals surface area (Å²) in [7, 11) is 0. The van der Waals surface area contributed by atoms with Crippen molar-refractivity contribution in [2.45, 2.75) is 57.1 Å². The number of ether oxygens (including phenoxy) is 1. The Kier molecular flexibility index (Phi) is 4.23. The number of carbonyl (C=O) groups is 1. The van der Waals surface area contributed by atoms with Crippen molar-refractivity contribution in [3.8, 4) is 0 Å². The van der Waals surface area contributed by atoms with Crippen molar-refractivity contribution in [1.82, 2.24) is 4.31 Å². The Hall–Kier alpha value is -1.04. The van der Waals surface area contributed by atoms with Crippen LogP contribution in [0.25, 0.3) is 0 Å². The molecule has 0 amide bonds. The van der Waals surface area contributed by atoms with Gasteiger partial charge in [0, 0.05) is 11.4 Å². The summed E-state index contributed by atoms with van der Waals surface area (Å²) in [4.78, 5) is 12.4. The van der Waals surface area contributed by atoms with Gasteiger partial charge in [-0.3, -0.25) is 4.79 Å². The molecule has 0 spiro atoms. The predicted octanol–water partition coefficient (Wildman–Crippen LogP) is 2.65. The molecule has 0 aromatic heterocycles. The van der Waals surface area contributed by atoms with Gasteiger partial charge in [-0.05, 0) is 45.1 Å². The minimum absolute atomic E-state index is 0.114. The van der Waals surface area contributed by atoms with E-state index < -0.39 is 11.4 Å². The van der Waals surface area contributed by atoms with Crippen LogP contribution < -0.4 is 0 Å². The van der Waals surface area contributed by atoms with Crippen LogP contribution in [0, 0.1) is 5.92 Å². The molecule has 0 radical (unpaired) electrons. The average Bonchev–Trinajstić information content (AvgIpc) is 3.35. The lowest BCUT2D eigenvalue weighted by Crippen LogP contribution is -2.36. The zero-order chi connectivity index (χ0) is 15.9. The van der Waals surface area contributed by atoms with Crippen LogP contribution in [0.3, 0.4) is 0 Å². The topological polar surface area (TPSA) is 52.4 Å². The fraction of sp³-hybridized carbons (Fsp3) is 0.588. The van der Waals surface area contributed by atoms with Crippen molar-refractivity contribution in [3.63, 3.8) is 0 Å². The van der Waals surface area contributed by atoms with Crippen LogP contribution in [-0.2, 0) is 27.5 Å². The first-order valence-corrected chi connectivity index (χ1v) is 8.91. The quantitative estimate of drug-likeness (QED) is 0.475. The molecule has 1 saturated heterocycles. The van der Waals surface area contributed by atoms with Crippen molar-refractivity contribution in [3.05, 3.63) is 35.9 Å². The molecule has 1 heterocycles. The van der Waals surface area contributed by atoms with Crippen LogP contribution in [-0.4, -0.2) is 31.7 Å². The fourth-order valence-electron chi connectivity index (χ4n) is 2.72. The highest BCUT2D eigenvalue weighted by atomic mass is 32.2. The van der Waals surface area contributed by atoms with E-state index in [4.69, 9.17) is 4.74 Å². The molecule has 1 aliphatic heterocycles. The molecular formula is C17H23NO3S. The molecule has 120 valence electrons. The zero-order valence-electron chi connectivity index (χ0n) is 13.3. The molecule has 3 rings (SSSR count). The van der Waals surface area contributed by atoms with E-state index in [2.05, 4.69) is 0 Å². The average molecular weight is 321 g/mol. The van der Waals surface area contributed by atoms with Gasteiger partial charge in [0.05, 0.1) is 6.04 Å². The van der Waals surface area contributed by atoms with Crippen LogP contribution >= 0.6 is 0 Å². The first-order valence-electron chi connectivity index (χ1n) is 7.80. The molecule has 5 heteroatoms. The molecule has 1 unspecified atom stereocenters. The van der Waals surface area contributed by atoms with E-state index in [0.29, 0.717) is 5.92 Å². The van der Waals surface area contributed by atoms with Crippen molar-refractivity contribution in [2.75, 3.05) is 0 Å². The summed E-state index contributed by atoms with van der Waals surface area (Å²) in [6, 6.07) is 9.44. The monoisotopic (exact) mass is 321 g/mol. The highest BCUT2D eigenvalue weighted by Gasteiger charge is 2.68. The number of hydrogen-bond acceptors (Lipinski definition) is 4. The Morgan fingerprint density at radius 2 is 1.95 bits per heavy atom. The van der Waals surface area contributed by atoms with Gasteiger partial charge in [0.2, 0.25) is 0 Å². The number of benzene rings is 1. The van der Waals surface area contributed by atoms with Crippen LogP contribution in [0.5, 0.6) is 0 Å². The summed E-state index contributed by atoms with van der Waals surface area (Å²) in [5, 5.41) is 0. The number of esters is 1. The van der Waals surface area contributed by atoms with Crippen LogP contribution in [0.15, 0.2) is 30.3 Å². The van der Waals surface area contributed by atoms with E-state index in [1.807, 2.05) is 55.4 Å². The molecule has 1 saturated carbocycles. The van der Waals surface area contributed by atoms with Gasteiger partial charge in [-0.25, -0.2) is 0 Å². The standard InChI is InChI=1S/C17H23NO3S/c1-17(2,3)22(20)18-14(13-9-10-13)15(18)16(19)21-11-12-7-5-4-6-8-12/h4-8,13-15H,9-11H2,1-3H3/t14-,15-,18?,22-/m1/s1. The van der Waals surface area contributed by atoms with Crippen molar-refractivity contribution < 1.29 is 14.1 Å². The number of rotatable bonds is 5. The summed E-state index contributed by atoms with van der Waals surface area (Å²) in [5.74, 6) is 0.277. The van der Waals surface area contributed by atoms with Gasteiger partial charge in [0.15, 0.2) is 6.04 Å². The number of carbonyl (C=O) groups excluding carboxylic acids is 1. The smallest absolute Gasteiger partial charge is 0.330 e. The minimum Gasteiger partial charge on any atom is -0.597 e. The Labute approximate surface area is 135 Å². The molecule has 4 atom stereocenters. The predicted molar refractivity (Wildman–Crippen MR) is 86.3 cm³/mol. The molecular weight excluding hydrogens is 298 g/mol. The number of hydrogen-bond donors (Lipinski definition) is 0. The maximum absolute atomic E-state index is 12.6. The van der Waals surface area contributed by atoms with E-state index in [-0.39, 0.29) is 29.4 Å². The molecule has 22 heavy (non-hydrogen) atoms. The third-order valence-corrected chi connectivity index (χ3v) is 5.99. The Morgan fingerprint density at radius 3 is 2.50 bits per heavy atom. The van der Waals surface area contributed by atoms with E-state index >= 15 is 0 Å². The van der Waals surface area contributed by atoms with Crippen LogP contribution in [0.4, 0.5) is 0 Å². The minimum atomic E-state index is -1.15. The van der Waals surface area contributed by atoms with Gasteiger partial charge < -0.3 is 9.29 Å². The molecule has 2 aliphatic rings. The lowest BCUT2D eigenvalue weighted by molar-refractivity contribution is -0.144. The van der Waals surface area contributed by atoms with E-state index in [1.54, 1.807) is 0 Å². The SMILES string of the molecule is CC(C)(C)[S@@+]([O-])N1[C@H](C2CC2)[C@@H]1C(=O)OCc1ccccc1. The second-order valence-corrected chi connectivity index (χ2v) is 9.23. The maximum atomic E-state index is 12.6. The summed E-state index contributed by atoms with van der Waals surface area (Å²) in [6.45, 7) is 6.11. The van der Waals surface area contributed by atoms with E-state index in [1.165, 1.54) is 0 Å². The third kappa shape index (κ3) is 3.31. The van der Waals surface area contributed by atoms with Crippen molar-refractivity contribution >= 4 is 17.3 Å². The van der Waals surface area contributed by atoms with Gasteiger partial charge in [0.1, 0.15) is 11.4 Å². The molecule has 2 fully saturated rings. The van der Waals surface area contributed by atoms with Gasteiger partial charge in [-0.15, -0.1) is 4.31 Å². The normalized spacial score (nSPS) is 29.0. The van der Waals surface area contributed by atoms with Crippen LogP contribution in [0.2, 0.25) is 0 Å². The van der Waals surface area contributed by atoms with Gasteiger partial charge >= 0.3 is 5.97 Å². The molecule has 4 nitrogen and oxygen atoms in total. The molecule has 0 N–H and O–H groups in total. The number of nitrogens with zero attached hydrogens (tertiary/aromatic N) is 1. The van der Waals surface area contributed by atoms with Crippen LogP contribution in [0.1, 0.15) is 39.2 Å². The van der Waals surface area contributed by atoms with E-state index in [0.717, 1.165) is 18.4 Å². The molecule has 1 aromatic rings. The lowest BCUT2D eigenvalue weighted by atomic mass is 10.2. The van der Waals surface area contributed by atoms with E-state index in [9.17, 15) is 9.35 Å². The van der Waals surface area contributed by atoms with Crippen molar-refractivity contribution in [1.29, 1.82) is 0 Å². The Bertz CT molecular complexity index is 539. The summed E-state index contributed by atoms with van der Waals surface area (Å²) >= 11 is -1.15. The first kappa shape index (κ1) is 15.8. The van der Waals surface area contributed by atoms with Gasteiger partial charge in [-0.2, -0.15) is 0 Å². The Morgan fingerprint density at radius 1 is 1.32 bits per heavy atom. The summed E-state index contributed by atoms with van der Waals surface area (Å²) < 4.78 is 19.5. The molecule has 0 bridgehead atoms. The second kappa shape index (κ2) is 5.87. The van der Waals surface area contributed by atoms with Gasteiger partial charge in [-0.1, -0.05) is 30.3 Å². The second-order valence-electron chi connectivity index (χ2n) is 7.09. The maximum Gasteiger partial charge on any atom is 0.330 e. The highest BCUT2D eigenvalue weighted by molar-refractivity contribution is 7.90. The summed E-state index contributed by atoms with van der Waals surface area (Å²) in [5.41, 5.74) is 0.975. The highest BCUT2D eigenvalue weighted by Crippen LogP contribution is 2.50. The first-order chi connectivity index (χ1) is 10.4. The fourth-order valence-corrected chi connectivity index (χ4v) is 4.22. The largest absolute Gasteiger partial charge is 0.597 e. The zero-order valence-corrected chi connectivity index (χ0v) is 14.1. The Balaban J connectivity index is 1.61. The van der Waals surface area contributed by atoms with Gasteiger partial charge in [0.25, 0.3) is 0 Å². The van der Waals surface area contributed by atoms with Crippen molar-refractivity contribution in [2.24, 2.45) is 5.92 Å².